The summed E-state index contributed by atoms with van der Waals surface area (Å²) in [5.41, 5.74) is 3.01. The van der Waals surface area contributed by atoms with E-state index in [2.05, 4.69) is 11.4 Å². The topological polar surface area (TPSA) is 80.6 Å². The number of nitrogens with zero attached hydrogens (tertiary/aromatic N) is 1. The SMILES string of the molecule is COc1ccc(/C(C#N)=C/c2cc(Cl)ccc2OCC(=O)Nc2ccc(C)c(Cl)c2)cc1OC. The number of hydrogen-bond donors (Lipinski definition) is 1. The van der Waals surface area contributed by atoms with Crippen molar-refractivity contribution in [2.45, 2.75) is 6.92 Å². The number of allylic oxidation sites excluding steroid dienone is 1. The molecule has 3 aromatic carbocycles. The molecule has 0 aliphatic rings. The van der Waals surface area contributed by atoms with E-state index in [1.807, 2.05) is 13.0 Å². The van der Waals surface area contributed by atoms with Gasteiger partial charge < -0.3 is 19.5 Å². The lowest BCUT2D eigenvalue weighted by Crippen LogP contribution is -2.20. The van der Waals surface area contributed by atoms with Crippen LogP contribution in [0.2, 0.25) is 10.0 Å². The van der Waals surface area contributed by atoms with Gasteiger partial charge in [0.25, 0.3) is 5.91 Å². The molecule has 174 valence electrons. The Hall–Kier alpha value is -3.66. The highest BCUT2D eigenvalue weighted by atomic mass is 35.5. The third kappa shape index (κ3) is 6.22. The molecule has 0 aliphatic heterocycles. The summed E-state index contributed by atoms with van der Waals surface area (Å²) < 4.78 is 16.3. The summed E-state index contributed by atoms with van der Waals surface area (Å²) in [5.74, 6) is 1.09. The first-order chi connectivity index (χ1) is 16.3. The Balaban J connectivity index is 1.82. The van der Waals surface area contributed by atoms with Crippen molar-refractivity contribution in [2.24, 2.45) is 0 Å². The Morgan fingerprint density at radius 3 is 2.41 bits per heavy atom. The number of aryl methyl sites for hydroxylation is 1. The first kappa shape index (κ1) is 25.0. The molecule has 6 nitrogen and oxygen atoms in total. The fourth-order valence-electron chi connectivity index (χ4n) is 3.11. The molecule has 0 aromatic heterocycles. The highest BCUT2D eigenvalue weighted by Crippen LogP contribution is 2.32. The first-order valence-electron chi connectivity index (χ1n) is 10.2. The minimum atomic E-state index is -0.356. The molecule has 0 saturated carbocycles. The number of carbonyl (C=O) groups excluding carboxylic acids is 1. The van der Waals surface area contributed by atoms with Crippen LogP contribution >= 0.6 is 23.2 Å². The number of rotatable bonds is 8. The molecule has 34 heavy (non-hydrogen) atoms. The van der Waals surface area contributed by atoms with Crippen molar-refractivity contribution >= 4 is 46.4 Å². The normalized spacial score (nSPS) is 10.9. The van der Waals surface area contributed by atoms with E-state index in [0.717, 1.165) is 5.56 Å². The first-order valence-corrected chi connectivity index (χ1v) is 10.9. The molecule has 0 heterocycles. The lowest BCUT2D eigenvalue weighted by Gasteiger charge is -2.12. The van der Waals surface area contributed by atoms with E-state index in [1.54, 1.807) is 54.6 Å². The smallest absolute Gasteiger partial charge is 0.262 e. The van der Waals surface area contributed by atoms with Crippen LogP contribution < -0.4 is 19.5 Å². The van der Waals surface area contributed by atoms with Crippen LogP contribution in [0, 0.1) is 18.3 Å². The fraction of sp³-hybridized carbons (Fsp3) is 0.154. The van der Waals surface area contributed by atoms with Gasteiger partial charge >= 0.3 is 0 Å². The quantitative estimate of drug-likeness (QED) is 0.288. The summed E-state index contributed by atoms with van der Waals surface area (Å²) >= 11 is 12.3. The number of benzene rings is 3. The maximum absolute atomic E-state index is 12.4. The number of nitrogens with one attached hydrogen (secondary N) is 1. The number of hydrogen-bond acceptors (Lipinski definition) is 5. The number of nitriles is 1. The number of anilines is 1. The zero-order chi connectivity index (χ0) is 24.7. The third-order valence-electron chi connectivity index (χ3n) is 4.90. The summed E-state index contributed by atoms with van der Waals surface area (Å²) in [6, 6.07) is 17.6. The summed E-state index contributed by atoms with van der Waals surface area (Å²) in [6.45, 7) is 1.64. The van der Waals surface area contributed by atoms with E-state index in [4.69, 9.17) is 37.4 Å². The Morgan fingerprint density at radius 2 is 1.74 bits per heavy atom. The highest BCUT2D eigenvalue weighted by Gasteiger charge is 2.12. The van der Waals surface area contributed by atoms with Crippen LogP contribution in [0.15, 0.2) is 54.6 Å². The monoisotopic (exact) mass is 496 g/mol. The van der Waals surface area contributed by atoms with Crippen molar-refractivity contribution in [1.82, 2.24) is 0 Å². The Kier molecular flexibility index (Phi) is 8.42. The van der Waals surface area contributed by atoms with E-state index in [-0.39, 0.29) is 12.5 Å². The van der Waals surface area contributed by atoms with E-state index < -0.39 is 0 Å². The lowest BCUT2D eigenvalue weighted by atomic mass is 10.0. The molecule has 0 atom stereocenters. The average molecular weight is 497 g/mol. The maximum atomic E-state index is 12.4. The predicted molar refractivity (Wildman–Crippen MR) is 135 cm³/mol. The second-order valence-corrected chi connectivity index (χ2v) is 8.07. The second-order valence-electron chi connectivity index (χ2n) is 7.22. The van der Waals surface area contributed by atoms with Crippen molar-refractivity contribution in [3.8, 4) is 23.3 Å². The van der Waals surface area contributed by atoms with E-state index in [9.17, 15) is 10.1 Å². The molecule has 3 rings (SSSR count). The van der Waals surface area contributed by atoms with Gasteiger partial charge in [-0.3, -0.25) is 4.79 Å². The minimum Gasteiger partial charge on any atom is -0.493 e. The summed E-state index contributed by atoms with van der Waals surface area (Å²) in [6.07, 6.45) is 1.64. The molecule has 0 fully saturated rings. The van der Waals surface area contributed by atoms with Crippen LogP contribution in [-0.2, 0) is 4.79 Å². The van der Waals surface area contributed by atoms with Gasteiger partial charge in [-0.2, -0.15) is 5.26 Å². The van der Waals surface area contributed by atoms with Gasteiger partial charge in [-0.1, -0.05) is 29.3 Å². The van der Waals surface area contributed by atoms with Crippen molar-refractivity contribution in [3.05, 3.63) is 81.3 Å². The molecule has 3 aromatic rings. The molecular formula is C26H22Cl2N2O4. The summed E-state index contributed by atoms with van der Waals surface area (Å²) in [5, 5.41) is 13.5. The van der Waals surface area contributed by atoms with Crippen LogP contribution in [0.25, 0.3) is 11.6 Å². The summed E-state index contributed by atoms with van der Waals surface area (Å²) in [7, 11) is 3.06. The molecule has 1 amide bonds. The molecule has 0 unspecified atom stereocenters. The van der Waals surface area contributed by atoms with Gasteiger partial charge in [-0.05, 0) is 72.7 Å². The van der Waals surface area contributed by atoms with Gasteiger partial charge in [0.2, 0.25) is 0 Å². The molecular weight excluding hydrogens is 475 g/mol. The molecule has 8 heteroatoms. The van der Waals surface area contributed by atoms with Gasteiger partial charge in [0.05, 0.1) is 25.9 Å². The molecule has 0 spiro atoms. The van der Waals surface area contributed by atoms with Gasteiger partial charge in [0.1, 0.15) is 5.75 Å². The van der Waals surface area contributed by atoms with Crippen LogP contribution in [-0.4, -0.2) is 26.7 Å². The Morgan fingerprint density at radius 1 is 1.00 bits per heavy atom. The Labute approximate surface area is 208 Å². The molecule has 0 bridgehead atoms. The number of amides is 1. The van der Waals surface area contributed by atoms with Gasteiger partial charge in [0, 0.05) is 21.3 Å². The zero-order valence-corrected chi connectivity index (χ0v) is 20.3. The van der Waals surface area contributed by atoms with Crippen molar-refractivity contribution < 1.29 is 19.0 Å². The van der Waals surface area contributed by atoms with E-state index in [1.165, 1.54) is 14.2 Å². The molecule has 0 saturated heterocycles. The highest BCUT2D eigenvalue weighted by molar-refractivity contribution is 6.31. The third-order valence-corrected chi connectivity index (χ3v) is 5.54. The van der Waals surface area contributed by atoms with Crippen LogP contribution in [0.4, 0.5) is 5.69 Å². The standard InChI is InChI=1S/C26H22Cl2N2O4/c1-16-4-7-21(13-22(16)28)30-26(31)15-34-23-9-6-20(27)11-18(23)10-19(14-29)17-5-8-24(32-2)25(12-17)33-3/h4-13H,15H2,1-3H3,(H,30,31)/b19-10+. The number of carbonyl (C=O) groups is 1. The number of methoxy groups -OCH3 is 2. The number of halogens is 2. The van der Waals surface area contributed by atoms with E-state index >= 15 is 0 Å². The van der Waals surface area contributed by atoms with E-state index in [0.29, 0.717) is 49.7 Å². The molecule has 1 N–H and O–H groups in total. The minimum absolute atomic E-state index is 0.244. The Bertz CT molecular complexity index is 1280. The molecule has 0 aliphatic carbocycles. The average Bonchev–Trinajstić information content (AvgIpc) is 2.83. The van der Waals surface area contributed by atoms with Gasteiger partial charge in [-0.15, -0.1) is 0 Å². The van der Waals surface area contributed by atoms with Crippen molar-refractivity contribution in [3.63, 3.8) is 0 Å². The van der Waals surface area contributed by atoms with Crippen LogP contribution in [0.5, 0.6) is 17.2 Å². The lowest BCUT2D eigenvalue weighted by molar-refractivity contribution is -0.118. The van der Waals surface area contributed by atoms with Crippen LogP contribution in [0.3, 0.4) is 0 Å². The van der Waals surface area contributed by atoms with Gasteiger partial charge in [0.15, 0.2) is 18.1 Å². The predicted octanol–water partition coefficient (Wildman–Crippen LogP) is 6.40. The van der Waals surface area contributed by atoms with Crippen LogP contribution in [0.1, 0.15) is 16.7 Å². The maximum Gasteiger partial charge on any atom is 0.262 e. The second kappa shape index (κ2) is 11.5. The van der Waals surface area contributed by atoms with Crippen molar-refractivity contribution in [2.75, 3.05) is 26.1 Å². The number of ether oxygens (including phenoxy) is 3. The molecule has 0 radical (unpaired) electrons. The van der Waals surface area contributed by atoms with Crippen molar-refractivity contribution in [1.29, 1.82) is 5.26 Å². The zero-order valence-electron chi connectivity index (χ0n) is 18.8. The fourth-order valence-corrected chi connectivity index (χ4v) is 3.48. The largest absolute Gasteiger partial charge is 0.493 e. The summed E-state index contributed by atoms with van der Waals surface area (Å²) in [4.78, 5) is 12.4. The van der Waals surface area contributed by atoms with Gasteiger partial charge in [-0.25, -0.2) is 0 Å².